The van der Waals surface area contributed by atoms with E-state index < -0.39 is 71.2 Å². The zero-order chi connectivity index (χ0) is 42.7. The average Bonchev–Trinajstić information content (AvgIpc) is 3.18. The quantitative estimate of drug-likeness (QED) is 0.0204. The number of aliphatic hydroxyl groups excluding tert-OH is 3. The van der Waals surface area contributed by atoms with Gasteiger partial charge in [-0.25, -0.2) is 0 Å². The summed E-state index contributed by atoms with van der Waals surface area (Å²) in [5.74, 6) is -2.02. The summed E-state index contributed by atoms with van der Waals surface area (Å²) in [5.41, 5.74) is 0. The average molecular weight is 843 g/mol. The molecule has 336 valence electrons. The predicted octanol–water partition coefficient (Wildman–Crippen LogP) is 8.78. The minimum absolute atomic E-state index is 0.127. The molecule has 0 amide bonds. The molecular formula is C45H78O12S. The van der Waals surface area contributed by atoms with Crippen molar-refractivity contribution in [2.45, 2.75) is 205 Å². The normalized spacial score (nSPS) is 20.8. The second-order valence-electron chi connectivity index (χ2n) is 15.4. The van der Waals surface area contributed by atoms with E-state index in [4.69, 9.17) is 18.9 Å². The lowest BCUT2D eigenvalue weighted by atomic mass is 10.00. The van der Waals surface area contributed by atoms with Crippen LogP contribution >= 0.6 is 0 Å². The molecule has 0 aromatic rings. The van der Waals surface area contributed by atoms with Gasteiger partial charge in [-0.1, -0.05) is 152 Å². The predicted molar refractivity (Wildman–Crippen MR) is 229 cm³/mol. The topological polar surface area (TPSA) is 186 Å². The van der Waals surface area contributed by atoms with Crippen molar-refractivity contribution in [1.82, 2.24) is 0 Å². The van der Waals surface area contributed by atoms with E-state index in [1.807, 2.05) is 0 Å². The van der Waals surface area contributed by atoms with Crippen LogP contribution in [0.15, 0.2) is 48.6 Å². The standard InChI is InChI=1S/C45H78O12S/c1-3-5-7-9-11-13-15-17-18-19-20-22-24-26-28-30-32-34-41(47)56-38(36-55-45-44(50)43(49)42(48)39(57-45)37-58(51,52)53)35-54-40(46)33-31-29-27-25-23-21-16-14-12-10-8-6-4-2/h7,9,13,15,18-19,22,24,38-39,42-45,48-50H,3-6,8,10-12,14,16-17,20-21,23,25-37H2,1-2H3,(H,51,52,53)/b9-7+,15-13+,19-18+,24-22+/t38-,39-,42-,43?,44?,45+/m1/s1. The SMILES string of the molecule is CCC/C=C/C/C=C/C/C=C/C/C=C/CCCCCC(=O)O[C@H](COC(=O)CCCCCCCCCCCCCCC)CO[C@H]1O[C@H](CS(=O)(=O)O)[C@@H](O)C(O)C1O. The fourth-order valence-electron chi connectivity index (χ4n) is 6.43. The zero-order valence-electron chi connectivity index (χ0n) is 35.6. The van der Waals surface area contributed by atoms with Crippen LogP contribution in [0, 0.1) is 0 Å². The number of esters is 2. The number of rotatable bonds is 36. The van der Waals surface area contributed by atoms with Crippen LogP contribution in [0.3, 0.4) is 0 Å². The van der Waals surface area contributed by atoms with Crippen LogP contribution in [-0.4, -0.2) is 96.0 Å². The van der Waals surface area contributed by atoms with Crippen LogP contribution in [0.1, 0.15) is 168 Å². The maximum atomic E-state index is 12.8. The smallest absolute Gasteiger partial charge is 0.306 e. The summed E-state index contributed by atoms with van der Waals surface area (Å²) in [4.78, 5) is 25.4. The molecule has 0 aromatic carbocycles. The van der Waals surface area contributed by atoms with Crippen molar-refractivity contribution in [1.29, 1.82) is 0 Å². The Morgan fingerprint density at radius 2 is 1.07 bits per heavy atom. The van der Waals surface area contributed by atoms with Crippen LogP contribution in [0.2, 0.25) is 0 Å². The lowest BCUT2D eigenvalue weighted by Crippen LogP contribution is -2.60. The molecule has 1 heterocycles. The Morgan fingerprint density at radius 1 is 0.586 bits per heavy atom. The molecule has 1 fully saturated rings. The van der Waals surface area contributed by atoms with Gasteiger partial charge in [0, 0.05) is 12.8 Å². The van der Waals surface area contributed by atoms with Crippen LogP contribution in [0.4, 0.5) is 0 Å². The van der Waals surface area contributed by atoms with E-state index in [0.717, 1.165) is 64.2 Å². The van der Waals surface area contributed by atoms with E-state index >= 15 is 0 Å². The molecule has 0 saturated carbocycles. The maximum absolute atomic E-state index is 12.8. The molecule has 12 nitrogen and oxygen atoms in total. The molecule has 0 spiro atoms. The summed E-state index contributed by atoms with van der Waals surface area (Å²) in [7, 11) is -4.61. The van der Waals surface area contributed by atoms with Gasteiger partial charge in [0.1, 0.15) is 36.8 Å². The van der Waals surface area contributed by atoms with Crippen LogP contribution in [0.25, 0.3) is 0 Å². The van der Waals surface area contributed by atoms with Crippen LogP contribution < -0.4 is 0 Å². The Labute approximate surface area is 350 Å². The van der Waals surface area contributed by atoms with Crippen molar-refractivity contribution in [2.75, 3.05) is 19.0 Å². The van der Waals surface area contributed by atoms with Crippen molar-refractivity contribution in [3.8, 4) is 0 Å². The van der Waals surface area contributed by atoms with Gasteiger partial charge in [0.25, 0.3) is 10.1 Å². The van der Waals surface area contributed by atoms with E-state index in [9.17, 15) is 37.9 Å². The van der Waals surface area contributed by atoms with Gasteiger partial charge in [-0.2, -0.15) is 8.42 Å². The third-order valence-corrected chi connectivity index (χ3v) is 10.6. The molecule has 4 N–H and O–H groups in total. The van der Waals surface area contributed by atoms with Crippen LogP contribution in [0.5, 0.6) is 0 Å². The molecule has 58 heavy (non-hydrogen) atoms. The van der Waals surface area contributed by atoms with Crippen LogP contribution in [-0.2, 0) is 38.7 Å². The van der Waals surface area contributed by atoms with Crippen molar-refractivity contribution < 1.29 is 56.8 Å². The fraction of sp³-hybridized carbons (Fsp3) is 0.778. The molecule has 0 aromatic heterocycles. The van der Waals surface area contributed by atoms with Crippen molar-refractivity contribution in [3.63, 3.8) is 0 Å². The van der Waals surface area contributed by atoms with E-state index in [1.54, 1.807) is 0 Å². The summed E-state index contributed by atoms with van der Waals surface area (Å²) in [6.07, 6.45) is 31.5. The molecule has 6 atom stereocenters. The molecule has 13 heteroatoms. The number of carbonyl (C=O) groups excluding carboxylic acids is 2. The Bertz CT molecular complexity index is 1260. The Morgan fingerprint density at radius 3 is 1.60 bits per heavy atom. The number of hydrogen-bond acceptors (Lipinski definition) is 11. The lowest BCUT2D eigenvalue weighted by Gasteiger charge is -2.40. The van der Waals surface area contributed by atoms with Gasteiger partial charge in [-0.3, -0.25) is 14.1 Å². The van der Waals surface area contributed by atoms with Gasteiger partial charge in [-0.15, -0.1) is 0 Å². The van der Waals surface area contributed by atoms with Gasteiger partial charge < -0.3 is 34.3 Å². The van der Waals surface area contributed by atoms with Crippen molar-refractivity contribution in [3.05, 3.63) is 48.6 Å². The Hall–Kier alpha value is -2.39. The highest BCUT2D eigenvalue weighted by molar-refractivity contribution is 7.85. The highest BCUT2D eigenvalue weighted by atomic mass is 32.2. The lowest BCUT2D eigenvalue weighted by molar-refractivity contribution is -0.297. The minimum Gasteiger partial charge on any atom is -0.462 e. The first-order valence-corrected chi connectivity index (χ1v) is 23.8. The summed E-state index contributed by atoms with van der Waals surface area (Å²) >= 11 is 0. The third kappa shape index (κ3) is 29.8. The van der Waals surface area contributed by atoms with Gasteiger partial charge in [0.05, 0.1) is 6.61 Å². The first-order chi connectivity index (χ1) is 28.0. The first kappa shape index (κ1) is 53.6. The van der Waals surface area contributed by atoms with Gasteiger partial charge in [-0.05, 0) is 51.4 Å². The third-order valence-electron chi connectivity index (χ3n) is 9.89. The van der Waals surface area contributed by atoms with E-state index in [-0.39, 0.29) is 19.4 Å². The van der Waals surface area contributed by atoms with Crippen molar-refractivity contribution >= 4 is 22.1 Å². The molecule has 1 aliphatic rings. The largest absolute Gasteiger partial charge is 0.462 e. The minimum atomic E-state index is -4.61. The highest BCUT2D eigenvalue weighted by Crippen LogP contribution is 2.24. The number of unbranched alkanes of at least 4 members (excludes halogenated alkanes) is 16. The van der Waals surface area contributed by atoms with E-state index in [2.05, 4.69) is 62.5 Å². The van der Waals surface area contributed by atoms with Gasteiger partial charge in [0.2, 0.25) is 0 Å². The molecule has 1 rings (SSSR count). The highest BCUT2D eigenvalue weighted by Gasteiger charge is 2.46. The molecule has 2 unspecified atom stereocenters. The summed E-state index contributed by atoms with van der Waals surface area (Å²) in [5, 5.41) is 30.8. The number of allylic oxidation sites excluding steroid dienone is 8. The van der Waals surface area contributed by atoms with E-state index in [1.165, 1.54) is 64.2 Å². The van der Waals surface area contributed by atoms with Gasteiger partial charge in [0.15, 0.2) is 12.4 Å². The first-order valence-electron chi connectivity index (χ1n) is 22.2. The molecule has 1 saturated heterocycles. The number of aliphatic hydroxyl groups is 3. The molecule has 1 aliphatic heterocycles. The second-order valence-corrected chi connectivity index (χ2v) is 16.9. The summed E-state index contributed by atoms with van der Waals surface area (Å²) in [6, 6.07) is 0. The van der Waals surface area contributed by atoms with E-state index in [0.29, 0.717) is 12.8 Å². The molecule has 0 bridgehead atoms. The van der Waals surface area contributed by atoms with Crippen molar-refractivity contribution in [2.24, 2.45) is 0 Å². The maximum Gasteiger partial charge on any atom is 0.306 e. The molecule has 0 aliphatic carbocycles. The monoisotopic (exact) mass is 843 g/mol. The fourth-order valence-corrected chi connectivity index (χ4v) is 7.12. The summed E-state index contributed by atoms with van der Waals surface area (Å²) < 4.78 is 54.0. The Kier molecular flexibility index (Phi) is 32.7. The Balaban J connectivity index is 2.49. The zero-order valence-corrected chi connectivity index (χ0v) is 36.5. The molecular weight excluding hydrogens is 765 g/mol. The summed E-state index contributed by atoms with van der Waals surface area (Å²) in [6.45, 7) is 3.66. The molecule has 0 radical (unpaired) electrons. The number of ether oxygens (including phenoxy) is 4. The second kappa shape index (κ2) is 35.4. The van der Waals surface area contributed by atoms with Gasteiger partial charge >= 0.3 is 11.9 Å². The number of hydrogen-bond donors (Lipinski definition) is 4. The number of carbonyl (C=O) groups is 2.